The highest BCUT2D eigenvalue weighted by molar-refractivity contribution is 6.31. The summed E-state index contributed by atoms with van der Waals surface area (Å²) in [5.41, 5.74) is 0.995. The first-order valence-corrected chi connectivity index (χ1v) is 12.6. The van der Waals surface area contributed by atoms with E-state index >= 15 is 0 Å². The number of hydrogen-bond acceptors (Lipinski definition) is 6. The number of nitrogens with one attached hydrogen (secondary N) is 2. The van der Waals surface area contributed by atoms with Gasteiger partial charge in [-0.1, -0.05) is 17.7 Å². The van der Waals surface area contributed by atoms with Gasteiger partial charge in [-0.2, -0.15) is 13.2 Å². The molecule has 1 aromatic carbocycles. The topological polar surface area (TPSA) is 114 Å². The Morgan fingerprint density at radius 1 is 1.15 bits per heavy atom. The van der Waals surface area contributed by atoms with E-state index < -0.39 is 42.7 Å². The third-order valence-electron chi connectivity index (χ3n) is 6.15. The van der Waals surface area contributed by atoms with Crippen molar-refractivity contribution in [3.8, 4) is 0 Å². The van der Waals surface area contributed by atoms with Crippen molar-refractivity contribution in [1.29, 1.82) is 0 Å². The van der Waals surface area contributed by atoms with Gasteiger partial charge < -0.3 is 24.7 Å². The number of likely N-dealkylation sites (tertiary alicyclic amines) is 1. The van der Waals surface area contributed by atoms with E-state index in [1.165, 1.54) is 11.0 Å². The number of fused-ring (bicyclic) bond motifs is 1. The number of amides is 3. The Hall–Kier alpha value is -3.64. The fraction of sp³-hybridized carbons (Fsp3) is 0.385. The smallest absolute Gasteiger partial charge is 0.411 e. The van der Waals surface area contributed by atoms with Crippen LogP contribution in [0.5, 0.6) is 0 Å². The summed E-state index contributed by atoms with van der Waals surface area (Å²) in [4.78, 5) is 44.3. The molecule has 0 saturated carbocycles. The normalized spacial score (nSPS) is 15.2. The van der Waals surface area contributed by atoms with Crippen LogP contribution in [-0.4, -0.2) is 72.2 Å². The molecule has 4 rings (SSSR count). The zero-order chi connectivity index (χ0) is 28.0. The van der Waals surface area contributed by atoms with E-state index in [-0.39, 0.29) is 44.7 Å². The van der Waals surface area contributed by atoms with Gasteiger partial charge in [-0.15, -0.1) is 0 Å². The lowest BCUT2D eigenvalue weighted by Gasteiger charge is -2.32. The predicted molar refractivity (Wildman–Crippen MR) is 135 cm³/mol. The van der Waals surface area contributed by atoms with Crippen LogP contribution in [0.25, 0.3) is 11.0 Å². The molecule has 1 unspecified atom stereocenters. The number of carbonyl (C=O) groups is 3. The molecule has 0 aliphatic carbocycles. The Labute approximate surface area is 226 Å². The number of pyridine rings is 1. The van der Waals surface area contributed by atoms with Crippen LogP contribution in [0.15, 0.2) is 53.1 Å². The van der Waals surface area contributed by atoms with Crippen LogP contribution in [0, 0.1) is 0 Å². The molecule has 0 spiro atoms. The minimum Gasteiger partial charge on any atom is -0.451 e. The van der Waals surface area contributed by atoms with Gasteiger partial charge in [-0.05, 0) is 49.2 Å². The predicted octanol–water partition coefficient (Wildman–Crippen LogP) is 3.51. The Balaban J connectivity index is 1.35. The second-order valence-electron chi connectivity index (χ2n) is 9.07. The standard InChI is InChI=1S/C26H26ClF3N4O5/c27-17-4-5-21-16(11-17)12-22(39-21)25(37)33-20(13-18-3-1-2-8-31-18)24(36)32-14-23(35)34-9-6-19(7-10-34)38-15-26(28,29)30/h1-5,8,11-12,19-20H,6-7,9-10,13-15H2,(H,32,36)(H,33,37). The lowest BCUT2D eigenvalue weighted by Crippen LogP contribution is -2.51. The van der Waals surface area contributed by atoms with E-state index in [0.29, 0.717) is 21.7 Å². The molecule has 1 fully saturated rings. The third kappa shape index (κ3) is 8.17. The summed E-state index contributed by atoms with van der Waals surface area (Å²) >= 11 is 6.00. The van der Waals surface area contributed by atoms with Crippen molar-refractivity contribution in [3.63, 3.8) is 0 Å². The van der Waals surface area contributed by atoms with Gasteiger partial charge in [0.05, 0.1) is 12.6 Å². The monoisotopic (exact) mass is 566 g/mol. The summed E-state index contributed by atoms with van der Waals surface area (Å²) in [5.74, 6) is -1.65. The van der Waals surface area contributed by atoms with Crippen LogP contribution in [-0.2, 0) is 20.7 Å². The Bertz CT molecular complexity index is 1310. The molecule has 3 aromatic rings. The highest BCUT2D eigenvalue weighted by Crippen LogP contribution is 2.23. The molecule has 1 aliphatic heterocycles. The summed E-state index contributed by atoms with van der Waals surface area (Å²) in [6.45, 7) is -1.25. The summed E-state index contributed by atoms with van der Waals surface area (Å²) in [5, 5.41) is 6.29. The summed E-state index contributed by atoms with van der Waals surface area (Å²) in [6, 6.07) is 10.5. The maximum absolute atomic E-state index is 13.1. The number of ether oxygens (including phenoxy) is 1. The highest BCUT2D eigenvalue weighted by atomic mass is 35.5. The van der Waals surface area contributed by atoms with E-state index in [1.54, 1.807) is 42.6 Å². The summed E-state index contributed by atoms with van der Waals surface area (Å²) in [7, 11) is 0. The minimum absolute atomic E-state index is 0.0159. The Kier molecular flexibility index (Phi) is 9.08. The average Bonchev–Trinajstić information content (AvgIpc) is 3.34. The van der Waals surface area contributed by atoms with Gasteiger partial charge in [0.15, 0.2) is 5.76 Å². The third-order valence-corrected chi connectivity index (χ3v) is 6.39. The molecule has 9 nitrogen and oxygen atoms in total. The molecule has 0 bridgehead atoms. The van der Waals surface area contributed by atoms with Crippen molar-refractivity contribution in [2.75, 3.05) is 26.2 Å². The van der Waals surface area contributed by atoms with E-state index in [9.17, 15) is 27.6 Å². The SMILES string of the molecule is O=C(NC(Cc1ccccn1)C(=O)NCC(=O)N1CCC(OCC(F)(F)F)CC1)c1cc2cc(Cl)ccc2o1. The molecule has 3 amide bonds. The number of piperidine rings is 1. The molecule has 39 heavy (non-hydrogen) atoms. The van der Waals surface area contributed by atoms with Crippen LogP contribution >= 0.6 is 11.6 Å². The molecule has 0 radical (unpaired) electrons. The second kappa shape index (κ2) is 12.5. The molecule has 1 aliphatic rings. The maximum Gasteiger partial charge on any atom is 0.411 e. The number of alkyl halides is 3. The first-order chi connectivity index (χ1) is 18.6. The van der Waals surface area contributed by atoms with Crippen molar-refractivity contribution in [1.82, 2.24) is 20.5 Å². The average molecular weight is 567 g/mol. The zero-order valence-corrected chi connectivity index (χ0v) is 21.4. The number of rotatable bonds is 9. The molecule has 13 heteroatoms. The first-order valence-electron chi connectivity index (χ1n) is 12.2. The molecule has 2 aromatic heterocycles. The minimum atomic E-state index is -4.41. The van der Waals surface area contributed by atoms with E-state index in [0.717, 1.165) is 0 Å². The highest BCUT2D eigenvalue weighted by Gasteiger charge is 2.31. The summed E-state index contributed by atoms with van der Waals surface area (Å²) < 4.78 is 47.5. The largest absolute Gasteiger partial charge is 0.451 e. The van der Waals surface area contributed by atoms with E-state index in [1.807, 2.05) is 0 Å². The van der Waals surface area contributed by atoms with Crippen LogP contribution in [0.1, 0.15) is 29.1 Å². The fourth-order valence-corrected chi connectivity index (χ4v) is 4.36. The Morgan fingerprint density at radius 3 is 2.62 bits per heavy atom. The van der Waals surface area contributed by atoms with Crippen LogP contribution in [0.3, 0.4) is 0 Å². The second-order valence-corrected chi connectivity index (χ2v) is 9.50. The number of benzene rings is 1. The van der Waals surface area contributed by atoms with Gasteiger partial charge in [0.25, 0.3) is 5.91 Å². The van der Waals surface area contributed by atoms with Gasteiger partial charge in [0.2, 0.25) is 11.8 Å². The number of aromatic nitrogens is 1. The lowest BCUT2D eigenvalue weighted by atomic mass is 10.1. The number of carbonyl (C=O) groups excluding carboxylic acids is 3. The van der Waals surface area contributed by atoms with E-state index in [4.69, 9.17) is 20.8 Å². The number of nitrogens with zero attached hydrogens (tertiary/aromatic N) is 2. The molecule has 3 heterocycles. The quantitative estimate of drug-likeness (QED) is 0.410. The number of furan rings is 1. The van der Waals surface area contributed by atoms with E-state index in [2.05, 4.69) is 15.6 Å². The Morgan fingerprint density at radius 2 is 1.92 bits per heavy atom. The summed E-state index contributed by atoms with van der Waals surface area (Å²) in [6.07, 6.45) is -2.86. The van der Waals surface area contributed by atoms with Gasteiger partial charge in [0, 0.05) is 41.8 Å². The van der Waals surface area contributed by atoms with Gasteiger partial charge in [-0.3, -0.25) is 19.4 Å². The number of halogens is 4. The van der Waals surface area contributed by atoms with Crippen LogP contribution in [0.2, 0.25) is 5.02 Å². The molecule has 1 saturated heterocycles. The van der Waals surface area contributed by atoms with Gasteiger partial charge in [-0.25, -0.2) is 0 Å². The van der Waals surface area contributed by atoms with Crippen LogP contribution < -0.4 is 10.6 Å². The molecular formula is C26H26ClF3N4O5. The molecule has 1 atom stereocenters. The van der Waals surface area contributed by atoms with Crippen molar-refractivity contribution >= 4 is 40.3 Å². The molecule has 208 valence electrons. The maximum atomic E-state index is 13.1. The van der Waals surface area contributed by atoms with Crippen molar-refractivity contribution in [3.05, 3.63) is 65.1 Å². The molecule has 2 N–H and O–H groups in total. The lowest BCUT2D eigenvalue weighted by molar-refractivity contribution is -0.189. The molecular weight excluding hydrogens is 541 g/mol. The van der Waals surface area contributed by atoms with Gasteiger partial charge in [0.1, 0.15) is 18.2 Å². The first kappa shape index (κ1) is 28.4. The zero-order valence-electron chi connectivity index (χ0n) is 20.7. The fourth-order valence-electron chi connectivity index (χ4n) is 4.17. The van der Waals surface area contributed by atoms with Crippen LogP contribution in [0.4, 0.5) is 13.2 Å². The van der Waals surface area contributed by atoms with Gasteiger partial charge >= 0.3 is 6.18 Å². The number of hydrogen-bond donors (Lipinski definition) is 2. The van der Waals surface area contributed by atoms with Crippen molar-refractivity contribution < 1.29 is 36.7 Å². The van der Waals surface area contributed by atoms with Crippen molar-refractivity contribution in [2.45, 2.75) is 37.6 Å². The van der Waals surface area contributed by atoms with Crippen molar-refractivity contribution in [2.24, 2.45) is 0 Å².